The molecule has 2 aromatic heterocycles. The van der Waals surface area contributed by atoms with Gasteiger partial charge in [-0.05, 0) is 12.1 Å². The predicted octanol–water partition coefficient (Wildman–Crippen LogP) is 4.79. The maximum absolute atomic E-state index is 12.5. The Morgan fingerprint density at radius 1 is 1.12 bits per heavy atom. The van der Waals surface area contributed by atoms with Crippen molar-refractivity contribution in [2.75, 3.05) is 5.32 Å². The fourth-order valence-electron chi connectivity index (χ4n) is 2.15. The number of amides is 1. The molecule has 0 aliphatic rings. The molecule has 1 aromatic carbocycles. The zero-order valence-corrected chi connectivity index (χ0v) is 13.9. The summed E-state index contributed by atoms with van der Waals surface area (Å²) < 4.78 is 29.5. The van der Waals surface area contributed by atoms with Gasteiger partial charge in [0.05, 0.1) is 15.7 Å². The highest BCUT2D eigenvalue weighted by molar-refractivity contribution is 6.39. The second-order valence-electron chi connectivity index (χ2n) is 4.84. The molecule has 0 saturated carbocycles. The number of aromatic nitrogens is 2. The number of alkyl halides is 2. The van der Waals surface area contributed by atoms with Crippen molar-refractivity contribution in [1.82, 2.24) is 9.97 Å². The number of halogens is 4. The number of hydrogen-bond acceptors (Lipinski definition) is 4. The molecule has 128 valence electrons. The van der Waals surface area contributed by atoms with Crippen LogP contribution < -0.4 is 10.1 Å². The number of hydrogen-bond donors (Lipinski definition) is 1. The first kappa shape index (κ1) is 17.3. The van der Waals surface area contributed by atoms with Gasteiger partial charge >= 0.3 is 6.61 Å². The van der Waals surface area contributed by atoms with Crippen LogP contribution in [0, 0.1) is 0 Å². The van der Waals surface area contributed by atoms with E-state index in [2.05, 4.69) is 20.0 Å². The van der Waals surface area contributed by atoms with Crippen molar-refractivity contribution in [3.63, 3.8) is 0 Å². The standard InChI is InChI=1S/C16H9Cl2F2N3O2/c17-9-6-21-7-10(18)14(9)23-15(24)11-5-4-8-2-1-3-12(13(8)22-11)25-16(19)20/h1-7,16H,(H,21,23,24). The summed E-state index contributed by atoms with van der Waals surface area (Å²) in [5, 5.41) is 3.39. The van der Waals surface area contributed by atoms with E-state index < -0.39 is 12.5 Å². The van der Waals surface area contributed by atoms with Crippen molar-refractivity contribution < 1.29 is 18.3 Å². The van der Waals surface area contributed by atoms with E-state index in [-0.39, 0.29) is 32.7 Å². The summed E-state index contributed by atoms with van der Waals surface area (Å²) in [6, 6.07) is 7.59. The van der Waals surface area contributed by atoms with Crippen LogP contribution in [0.3, 0.4) is 0 Å². The Kier molecular flexibility index (Phi) is 4.96. The number of nitrogens with zero attached hydrogens (tertiary/aromatic N) is 2. The van der Waals surface area contributed by atoms with Gasteiger partial charge in [0.25, 0.3) is 5.91 Å². The van der Waals surface area contributed by atoms with Crippen LogP contribution in [0.5, 0.6) is 5.75 Å². The lowest BCUT2D eigenvalue weighted by Gasteiger charge is -2.10. The van der Waals surface area contributed by atoms with Gasteiger partial charge in [-0.1, -0.05) is 41.4 Å². The van der Waals surface area contributed by atoms with E-state index in [0.29, 0.717) is 5.39 Å². The SMILES string of the molecule is O=C(Nc1c(Cl)cncc1Cl)c1ccc2cccc(OC(F)F)c2n1. The van der Waals surface area contributed by atoms with E-state index in [1.54, 1.807) is 18.2 Å². The van der Waals surface area contributed by atoms with Crippen LogP contribution in [0.2, 0.25) is 10.0 Å². The van der Waals surface area contributed by atoms with Crippen LogP contribution in [-0.2, 0) is 0 Å². The van der Waals surface area contributed by atoms with Crippen LogP contribution in [0.4, 0.5) is 14.5 Å². The van der Waals surface area contributed by atoms with Crippen LogP contribution in [0.25, 0.3) is 10.9 Å². The molecule has 0 atom stereocenters. The summed E-state index contributed by atoms with van der Waals surface area (Å²) >= 11 is 11.9. The Morgan fingerprint density at radius 3 is 2.52 bits per heavy atom. The lowest BCUT2D eigenvalue weighted by molar-refractivity contribution is -0.0489. The minimum Gasteiger partial charge on any atom is -0.432 e. The summed E-state index contributed by atoms with van der Waals surface area (Å²) in [5.41, 5.74) is 0.312. The van der Waals surface area contributed by atoms with Gasteiger partial charge < -0.3 is 10.1 Å². The Balaban J connectivity index is 1.97. The summed E-state index contributed by atoms with van der Waals surface area (Å²) in [7, 11) is 0. The molecule has 9 heteroatoms. The Bertz CT molecular complexity index is 934. The molecule has 0 bridgehead atoms. The van der Waals surface area contributed by atoms with Gasteiger partial charge in [0, 0.05) is 17.8 Å². The number of benzene rings is 1. The first-order valence-corrected chi connectivity index (χ1v) is 7.66. The maximum Gasteiger partial charge on any atom is 0.387 e. The first-order valence-electron chi connectivity index (χ1n) is 6.90. The van der Waals surface area contributed by atoms with Crippen molar-refractivity contribution in [3.05, 3.63) is 58.5 Å². The molecular weight excluding hydrogens is 375 g/mol. The van der Waals surface area contributed by atoms with Crippen molar-refractivity contribution in [1.29, 1.82) is 0 Å². The average molecular weight is 384 g/mol. The fourth-order valence-corrected chi connectivity index (χ4v) is 2.60. The second kappa shape index (κ2) is 7.16. The van der Waals surface area contributed by atoms with Crippen molar-refractivity contribution in [2.45, 2.75) is 6.61 Å². The minimum atomic E-state index is -3.00. The van der Waals surface area contributed by atoms with E-state index in [1.165, 1.54) is 24.5 Å². The molecule has 1 amide bonds. The minimum absolute atomic E-state index is 0.0123. The quantitative estimate of drug-likeness (QED) is 0.703. The fraction of sp³-hybridized carbons (Fsp3) is 0.0625. The highest BCUT2D eigenvalue weighted by atomic mass is 35.5. The van der Waals surface area contributed by atoms with Gasteiger partial charge in [0.1, 0.15) is 11.2 Å². The molecule has 2 heterocycles. The maximum atomic E-state index is 12.5. The molecular formula is C16H9Cl2F2N3O2. The van der Waals surface area contributed by atoms with E-state index in [4.69, 9.17) is 23.2 Å². The van der Waals surface area contributed by atoms with E-state index in [9.17, 15) is 13.6 Å². The third-order valence-electron chi connectivity index (χ3n) is 3.22. The normalized spacial score (nSPS) is 10.9. The molecule has 3 aromatic rings. The van der Waals surface area contributed by atoms with Crippen LogP contribution >= 0.6 is 23.2 Å². The molecule has 25 heavy (non-hydrogen) atoms. The first-order chi connectivity index (χ1) is 12.0. The van der Waals surface area contributed by atoms with Crippen molar-refractivity contribution >= 4 is 45.7 Å². The monoisotopic (exact) mass is 383 g/mol. The predicted molar refractivity (Wildman–Crippen MR) is 90.6 cm³/mol. The Hall–Kier alpha value is -2.51. The number of pyridine rings is 2. The number of fused-ring (bicyclic) bond motifs is 1. The Morgan fingerprint density at radius 2 is 1.84 bits per heavy atom. The molecule has 5 nitrogen and oxygen atoms in total. The topological polar surface area (TPSA) is 64.1 Å². The van der Waals surface area contributed by atoms with E-state index in [0.717, 1.165) is 0 Å². The zero-order chi connectivity index (χ0) is 18.0. The number of carbonyl (C=O) groups excluding carboxylic acids is 1. The van der Waals surface area contributed by atoms with Crippen molar-refractivity contribution in [2.24, 2.45) is 0 Å². The number of ether oxygens (including phenoxy) is 1. The van der Waals surface area contributed by atoms with Crippen molar-refractivity contribution in [3.8, 4) is 5.75 Å². The lowest BCUT2D eigenvalue weighted by atomic mass is 10.2. The number of nitrogens with one attached hydrogen (secondary N) is 1. The zero-order valence-electron chi connectivity index (χ0n) is 12.3. The number of rotatable bonds is 4. The van der Waals surface area contributed by atoms with Gasteiger partial charge in [0.2, 0.25) is 0 Å². The summed E-state index contributed by atoms with van der Waals surface area (Å²) in [6.07, 6.45) is 2.65. The van der Waals surface area contributed by atoms with Gasteiger partial charge in [-0.15, -0.1) is 0 Å². The van der Waals surface area contributed by atoms with Crippen LogP contribution in [0.15, 0.2) is 42.7 Å². The summed E-state index contributed by atoms with van der Waals surface area (Å²) in [6.45, 7) is -3.00. The third kappa shape index (κ3) is 3.78. The third-order valence-corrected chi connectivity index (χ3v) is 3.80. The average Bonchev–Trinajstić information content (AvgIpc) is 2.57. The summed E-state index contributed by atoms with van der Waals surface area (Å²) in [5.74, 6) is -0.731. The van der Waals surface area contributed by atoms with Crippen LogP contribution in [0.1, 0.15) is 10.5 Å². The van der Waals surface area contributed by atoms with E-state index >= 15 is 0 Å². The number of para-hydroxylation sites is 1. The van der Waals surface area contributed by atoms with Gasteiger partial charge in [-0.25, -0.2) is 4.98 Å². The smallest absolute Gasteiger partial charge is 0.387 e. The number of anilines is 1. The molecule has 0 radical (unpaired) electrons. The molecule has 1 N–H and O–H groups in total. The van der Waals surface area contributed by atoms with Gasteiger partial charge in [-0.2, -0.15) is 8.78 Å². The molecule has 3 rings (SSSR count). The number of carbonyl (C=O) groups is 1. The molecule has 0 fully saturated rings. The molecule has 0 aliphatic heterocycles. The lowest BCUT2D eigenvalue weighted by Crippen LogP contribution is -2.14. The van der Waals surface area contributed by atoms with Crippen LogP contribution in [-0.4, -0.2) is 22.5 Å². The molecule has 0 aliphatic carbocycles. The molecule has 0 spiro atoms. The molecule has 0 saturated heterocycles. The van der Waals surface area contributed by atoms with E-state index in [1.807, 2.05) is 0 Å². The highest BCUT2D eigenvalue weighted by Crippen LogP contribution is 2.30. The second-order valence-corrected chi connectivity index (χ2v) is 5.65. The summed E-state index contributed by atoms with van der Waals surface area (Å²) in [4.78, 5) is 20.3. The van der Waals surface area contributed by atoms with Gasteiger partial charge in [-0.3, -0.25) is 9.78 Å². The molecule has 0 unspecified atom stereocenters. The Labute approximate surface area is 150 Å². The van der Waals surface area contributed by atoms with Gasteiger partial charge in [0.15, 0.2) is 5.75 Å². The highest BCUT2D eigenvalue weighted by Gasteiger charge is 2.15. The largest absolute Gasteiger partial charge is 0.432 e.